The molecule has 0 saturated carbocycles. The van der Waals surface area contributed by atoms with Crippen LogP contribution in [0.3, 0.4) is 0 Å². The summed E-state index contributed by atoms with van der Waals surface area (Å²) in [6, 6.07) is 8.06. The lowest BCUT2D eigenvalue weighted by molar-refractivity contribution is -0.138. The van der Waals surface area contributed by atoms with Gasteiger partial charge in [-0.3, -0.25) is 15.2 Å². The summed E-state index contributed by atoms with van der Waals surface area (Å²) in [6.45, 7) is 6.82. The van der Waals surface area contributed by atoms with Crippen molar-refractivity contribution in [3.05, 3.63) is 46.7 Å². The van der Waals surface area contributed by atoms with Crippen molar-refractivity contribution in [3.8, 4) is 11.5 Å². The first kappa shape index (κ1) is 23.7. The van der Waals surface area contributed by atoms with Gasteiger partial charge in [0.25, 0.3) is 0 Å². The van der Waals surface area contributed by atoms with Crippen LogP contribution in [-0.4, -0.2) is 44.5 Å². The molecule has 7 nitrogen and oxygen atoms in total. The molecule has 0 atom stereocenters. The number of nitrogens with one attached hydrogen (secondary N) is 1. The van der Waals surface area contributed by atoms with Gasteiger partial charge in [0.1, 0.15) is 18.8 Å². The van der Waals surface area contributed by atoms with Gasteiger partial charge in [-0.05, 0) is 24.3 Å². The lowest BCUT2D eigenvalue weighted by Crippen LogP contribution is -2.38. The van der Waals surface area contributed by atoms with E-state index in [4.69, 9.17) is 21.1 Å². The fourth-order valence-electron chi connectivity index (χ4n) is 3.26. The summed E-state index contributed by atoms with van der Waals surface area (Å²) in [5.41, 5.74) is 4.45. The molecule has 0 radical (unpaired) electrons. The number of nitrogens with zero attached hydrogens (tertiary/aromatic N) is 3. The molecule has 0 aliphatic carbocycles. The molecule has 3 rings (SSSR count). The number of hydrazine groups is 1. The number of hydrogen-bond acceptors (Lipinski definition) is 6. The normalized spacial score (nSPS) is 12.9. The Morgan fingerprint density at radius 1 is 1.28 bits per heavy atom. The van der Waals surface area contributed by atoms with Crippen LogP contribution in [-0.2, 0) is 11.3 Å². The third kappa shape index (κ3) is 5.43. The van der Waals surface area contributed by atoms with Gasteiger partial charge >= 0.3 is 0 Å². The van der Waals surface area contributed by atoms with Crippen LogP contribution >= 0.6 is 11.6 Å². The summed E-state index contributed by atoms with van der Waals surface area (Å²) < 4.78 is 25.7. The number of likely N-dealkylation sites (N-methyl/N-ethyl adjacent to an activating group) is 1. The number of hydrogen-bond donors (Lipinski definition) is 1. The molecule has 1 aliphatic rings. The number of benzene rings is 2. The molecule has 0 fully saturated rings. The van der Waals surface area contributed by atoms with Crippen LogP contribution in [0.25, 0.3) is 0 Å². The summed E-state index contributed by atoms with van der Waals surface area (Å²) in [7, 11) is 3.32. The molecule has 0 spiro atoms. The maximum absolute atomic E-state index is 14.3. The Morgan fingerprint density at radius 2 is 2.03 bits per heavy atom. The molecule has 0 aromatic heterocycles. The van der Waals surface area contributed by atoms with E-state index in [2.05, 4.69) is 10.4 Å². The highest BCUT2D eigenvalue weighted by atomic mass is 35.5. The molecular formula is C23H28ClFN4O3. The Bertz CT molecular complexity index is 1020. The average Bonchev–Trinajstić information content (AvgIpc) is 2.74. The number of carbonyl (C=O) groups is 1. The van der Waals surface area contributed by atoms with Crippen molar-refractivity contribution in [1.82, 2.24) is 4.90 Å². The maximum Gasteiger partial charge on any atom is 0.227 e. The smallest absolute Gasteiger partial charge is 0.227 e. The van der Waals surface area contributed by atoms with Crippen molar-refractivity contribution in [2.24, 2.45) is 10.4 Å². The minimum absolute atomic E-state index is 0.0371. The van der Waals surface area contributed by atoms with Gasteiger partial charge in [0.15, 0.2) is 11.5 Å². The third-order valence-corrected chi connectivity index (χ3v) is 5.16. The molecule has 1 aliphatic heterocycles. The molecule has 2 aromatic carbocycles. The number of halogens is 2. The number of methoxy groups -OCH3 is 1. The fourth-order valence-corrected chi connectivity index (χ4v) is 3.42. The molecule has 32 heavy (non-hydrogen) atoms. The number of fused-ring (bicyclic) bond motifs is 1. The van der Waals surface area contributed by atoms with Crippen molar-refractivity contribution in [2.75, 3.05) is 37.7 Å². The van der Waals surface area contributed by atoms with E-state index in [1.807, 2.05) is 32.9 Å². The van der Waals surface area contributed by atoms with Crippen LogP contribution in [0.5, 0.6) is 11.5 Å². The highest BCUT2D eigenvalue weighted by molar-refractivity contribution is 6.30. The maximum atomic E-state index is 14.3. The first-order valence-electron chi connectivity index (χ1n) is 10.2. The van der Waals surface area contributed by atoms with Gasteiger partial charge in [-0.25, -0.2) is 9.40 Å². The van der Waals surface area contributed by atoms with Gasteiger partial charge in [0, 0.05) is 29.1 Å². The number of aliphatic imine (C=N–C) groups is 1. The van der Waals surface area contributed by atoms with Gasteiger partial charge in [0.05, 0.1) is 31.6 Å². The Kier molecular flexibility index (Phi) is 7.13. The van der Waals surface area contributed by atoms with Gasteiger partial charge in [-0.1, -0.05) is 32.4 Å². The van der Waals surface area contributed by atoms with E-state index in [9.17, 15) is 9.18 Å². The van der Waals surface area contributed by atoms with Crippen LogP contribution in [0.15, 0.2) is 35.3 Å². The molecule has 1 amide bonds. The minimum atomic E-state index is -0.477. The zero-order valence-corrected chi connectivity index (χ0v) is 19.7. The first-order valence-corrected chi connectivity index (χ1v) is 10.6. The third-order valence-electron chi connectivity index (χ3n) is 4.93. The van der Waals surface area contributed by atoms with Crippen LogP contribution in [0.1, 0.15) is 26.3 Å². The summed E-state index contributed by atoms with van der Waals surface area (Å²) in [4.78, 5) is 18.3. The highest BCUT2D eigenvalue weighted by Gasteiger charge is 2.25. The molecule has 2 aromatic rings. The van der Waals surface area contributed by atoms with Crippen LogP contribution in [0.2, 0.25) is 5.02 Å². The van der Waals surface area contributed by atoms with E-state index in [1.165, 1.54) is 6.07 Å². The Morgan fingerprint density at radius 3 is 2.69 bits per heavy atom. The van der Waals surface area contributed by atoms with Crippen molar-refractivity contribution in [2.45, 2.75) is 27.3 Å². The van der Waals surface area contributed by atoms with Crippen LogP contribution in [0.4, 0.5) is 15.8 Å². The van der Waals surface area contributed by atoms with Crippen molar-refractivity contribution in [1.29, 1.82) is 0 Å². The molecule has 0 bridgehead atoms. The second-order valence-electron chi connectivity index (χ2n) is 8.52. The molecule has 172 valence electrons. The van der Waals surface area contributed by atoms with E-state index >= 15 is 0 Å². The van der Waals surface area contributed by atoms with Crippen molar-refractivity contribution in [3.63, 3.8) is 0 Å². The zero-order chi connectivity index (χ0) is 23.5. The zero-order valence-electron chi connectivity index (χ0n) is 18.9. The topological polar surface area (TPSA) is 66.4 Å². The number of anilines is 2. The lowest BCUT2D eigenvalue weighted by Gasteiger charge is -2.28. The van der Waals surface area contributed by atoms with Crippen LogP contribution in [0, 0.1) is 11.2 Å². The largest absolute Gasteiger partial charge is 0.493 e. The summed E-state index contributed by atoms with van der Waals surface area (Å²) in [5, 5.41) is 1.93. The number of ether oxygens (including phenoxy) is 2. The molecule has 0 saturated heterocycles. The monoisotopic (exact) mass is 462 g/mol. The minimum Gasteiger partial charge on any atom is -0.493 e. The summed E-state index contributed by atoms with van der Waals surface area (Å²) in [5.74, 6) is 0.634. The van der Waals surface area contributed by atoms with E-state index in [0.29, 0.717) is 36.2 Å². The van der Waals surface area contributed by atoms with E-state index in [0.717, 1.165) is 11.3 Å². The first-order chi connectivity index (χ1) is 15.1. The number of rotatable bonds is 7. The summed E-state index contributed by atoms with van der Waals surface area (Å²) >= 11 is 5.85. The standard InChI is InChI=1S/C23H28ClFN4O3/c1-23(2,3)22(30)28(4)8-9-32-21-12-19-15(10-20(21)31-5)13-26-14-29(19)27-18-7-6-16(24)11-17(18)25/h6-7,10-12,14,27H,8-9,13H2,1-5H3. The van der Waals surface area contributed by atoms with E-state index in [1.54, 1.807) is 42.5 Å². The molecule has 0 unspecified atom stereocenters. The highest BCUT2D eigenvalue weighted by Crippen LogP contribution is 2.37. The predicted molar refractivity (Wildman–Crippen MR) is 125 cm³/mol. The second-order valence-corrected chi connectivity index (χ2v) is 8.96. The fraction of sp³-hybridized carbons (Fsp3) is 0.391. The SMILES string of the molecule is COc1cc2c(cc1OCCN(C)C(=O)C(C)(C)C)N(Nc1ccc(Cl)cc1F)C=NC2. The number of carbonyl (C=O) groups excluding carboxylic acids is 1. The van der Waals surface area contributed by atoms with Crippen molar-refractivity contribution >= 4 is 35.2 Å². The Hall–Kier alpha value is -3.00. The second kappa shape index (κ2) is 9.65. The van der Waals surface area contributed by atoms with Gasteiger partial charge in [-0.2, -0.15) is 0 Å². The van der Waals surface area contributed by atoms with Crippen LogP contribution < -0.4 is 19.9 Å². The molecule has 1 N–H and O–H groups in total. The summed E-state index contributed by atoms with van der Waals surface area (Å²) in [6.07, 6.45) is 1.59. The quantitative estimate of drug-likeness (QED) is 0.643. The molecular weight excluding hydrogens is 435 g/mol. The Balaban J connectivity index is 1.78. The Labute approximate surface area is 192 Å². The van der Waals surface area contributed by atoms with Gasteiger partial charge in [-0.15, -0.1) is 0 Å². The molecule has 1 heterocycles. The molecule has 9 heteroatoms. The number of amides is 1. The predicted octanol–water partition coefficient (Wildman–Crippen LogP) is 4.75. The lowest BCUT2D eigenvalue weighted by atomic mass is 9.95. The van der Waals surface area contributed by atoms with Crippen molar-refractivity contribution < 1.29 is 18.7 Å². The van der Waals surface area contributed by atoms with Gasteiger partial charge in [0.2, 0.25) is 5.91 Å². The average molecular weight is 463 g/mol. The van der Waals surface area contributed by atoms with E-state index < -0.39 is 11.2 Å². The van der Waals surface area contributed by atoms with E-state index in [-0.39, 0.29) is 11.6 Å². The van der Waals surface area contributed by atoms with Gasteiger partial charge < -0.3 is 14.4 Å².